The zero-order valence-corrected chi connectivity index (χ0v) is 28.7. The Kier molecular flexibility index (Phi) is 20.2. The quantitative estimate of drug-likeness (QED) is 0.122. The van der Waals surface area contributed by atoms with Crippen LogP contribution in [0.1, 0.15) is 47.9 Å². The Hall–Kier alpha value is -2.84. The topological polar surface area (TPSA) is 70.2 Å². The zero-order valence-electron chi connectivity index (χ0n) is 27.0. The number of hydrogen-bond donors (Lipinski definition) is 2. The van der Waals surface area contributed by atoms with Gasteiger partial charge in [-0.05, 0) is 112 Å². The van der Waals surface area contributed by atoms with Gasteiger partial charge >= 0.3 is 0 Å². The van der Waals surface area contributed by atoms with Gasteiger partial charge in [0.1, 0.15) is 5.75 Å². The summed E-state index contributed by atoms with van der Waals surface area (Å²) < 4.78 is 27.5. The minimum atomic E-state index is 0. The summed E-state index contributed by atoms with van der Waals surface area (Å²) in [6.45, 7) is 4.01. The molecule has 3 aromatic rings. The van der Waals surface area contributed by atoms with Crippen LogP contribution < -0.4 is 34.3 Å². The fourth-order valence-electron chi connectivity index (χ4n) is 5.23. The van der Waals surface area contributed by atoms with Gasteiger partial charge in [-0.1, -0.05) is 37.1 Å². The van der Waals surface area contributed by atoms with Crippen molar-refractivity contribution in [1.29, 1.82) is 0 Å². The molecule has 0 saturated carbocycles. The highest BCUT2D eigenvalue weighted by Crippen LogP contribution is 2.35. The van der Waals surface area contributed by atoms with Crippen molar-refractivity contribution in [2.24, 2.45) is 0 Å². The average Bonchev–Trinajstić information content (AvgIpc) is 3.03. The van der Waals surface area contributed by atoms with Crippen molar-refractivity contribution in [3.63, 3.8) is 0 Å². The molecule has 0 radical (unpaired) electrons. The van der Waals surface area contributed by atoms with Crippen LogP contribution in [0.2, 0.25) is 0 Å². The number of aryl methyl sites for hydroxylation is 1. The summed E-state index contributed by atoms with van der Waals surface area (Å²) >= 11 is 0. The number of halogens is 2. The summed E-state index contributed by atoms with van der Waals surface area (Å²) in [6, 6.07) is 18.6. The lowest BCUT2D eigenvalue weighted by molar-refractivity contribution is 0.351. The Morgan fingerprint density at radius 3 is 1.77 bits per heavy atom. The molecule has 9 heteroatoms. The number of rotatable bonds is 21. The van der Waals surface area contributed by atoms with Crippen molar-refractivity contribution < 1.29 is 23.7 Å². The van der Waals surface area contributed by atoms with Gasteiger partial charge in [0.05, 0.1) is 35.5 Å². The maximum Gasteiger partial charge on any atom is 0.164 e. The van der Waals surface area contributed by atoms with E-state index in [2.05, 4.69) is 41.0 Å². The van der Waals surface area contributed by atoms with E-state index >= 15 is 0 Å². The fraction of sp³-hybridized carbons (Fsp3) is 0.486. The highest BCUT2D eigenvalue weighted by molar-refractivity contribution is 5.85. The Balaban J connectivity index is 0.00000484. The third-order valence-electron chi connectivity index (χ3n) is 7.61. The number of ether oxygens (including phenoxy) is 5. The first-order valence-electron chi connectivity index (χ1n) is 15.1. The standard InChI is InChI=1S/C35H50N2O5.2ClH/c1-38-30-12-10-11-27(25-30)13-16-31-29(15-18-33(40-3)35(31)42-5)20-24-37-22-9-7-6-8-21-36-23-19-28-14-17-32(39-2)34(26-28)41-4;;/h10-12,14-15,17-18,25-26,36-37H,6-9,13,16,19-24H2,1-5H3;2*1H. The van der Waals surface area contributed by atoms with E-state index in [9.17, 15) is 0 Å². The molecule has 0 atom stereocenters. The molecular weight excluding hydrogens is 599 g/mol. The number of nitrogens with one attached hydrogen (secondary N) is 2. The third-order valence-corrected chi connectivity index (χ3v) is 7.61. The molecule has 0 saturated heterocycles. The van der Waals surface area contributed by atoms with E-state index in [1.807, 2.05) is 24.3 Å². The molecular formula is C35H52Cl2N2O5. The normalized spacial score (nSPS) is 10.4. The lowest BCUT2D eigenvalue weighted by Crippen LogP contribution is -2.20. The van der Waals surface area contributed by atoms with Crippen LogP contribution in [0.4, 0.5) is 0 Å². The number of benzene rings is 3. The van der Waals surface area contributed by atoms with Gasteiger partial charge in [0.15, 0.2) is 23.0 Å². The van der Waals surface area contributed by atoms with Gasteiger partial charge < -0.3 is 34.3 Å². The molecule has 0 unspecified atom stereocenters. The monoisotopic (exact) mass is 650 g/mol. The van der Waals surface area contributed by atoms with Crippen molar-refractivity contribution in [3.05, 3.63) is 76.9 Å². The predicted octanol–water partition coefficient (Wildman–Crippen LogP) is 6.88. The van der Waals surface area contributed by atoms with Crippen LogP contribution in [0.15, 0.2) is 54.6 Å². The molecule has 0 fully saturated rings. The molecule has 2 N–H and O–H groups in total. The largest absolute Gasteiger partial charge is 0.497 e. The average molecular weight is 652 g/mol. The summed E-state index contributed by atoms with van der Waals surface area (Å²) in [5.41, 5.74) is 5.03. The lowest BCUT2D eigenvalue weighted by Gasteiger charge is -2.17. The Morgan fingerprint density at radius 1 is 0.500 bits per heavy atom. The molecule has 7 nitrogen and oxygen atoms in total. The van der Waals surface area contributed by atoms with Gasteiger partial charge in [-0.25, -0.2) is 0 Å². The second-order valence-electron chi connectivity index (χ2n) is 10.4. The minimum absolute atomic E-state index is 0. The van der Waals surface area contributed by atoms with Crippen LogP contribution in [0, 0.1) is 0 Å². The van der Waals surface area contributed by atoms with Gasteiger partial charge in [0.2, 0.25) is 0 Å². The predicted molar refractivity (Wildman–Crippen MR) is 186 cm³/mol. The van der Waals surface area contributed by atoms with Crippen LogP contribution in [0.5, 0.6) is 28.7 Å². The highest BCUT2D eigenvalue weighted by atomic mass is 35.5. The summed E-state index contributed by atoms with van der Waals surface area (Å²) in [5.74, 6) is 4.07. The van der Waals surface area contributed by atoms with Crippen LogP contribution in [-0.4, -0.2) is 61.7 Å². The van der Waals surface area contributed by atoms with Crippen molar-refractivity contribution in [1.82, 2.24) is 10.6 Å². The maximum atomic E-state index is 5.80. The van der Waals surface area contributed by atoms with Crippen molar-refractivity contribution in [3.8, 4) is 28.7 Å². The van der Waals surface area contributed by atoms with E-state index in [0.717, 1.165) is 80.6 Å². The van der Waals surface area contributed by atoms with E-state index in [1.165, 1.54) is 47.9 Å². The second kappa shape index (κ2) is 22.6. The summed E-state index contributed by atoms with van der Waals surface area (Å²) in [5, 5.41) is 7.20. The highest BCUT2D eigenvalue weighted by Gasteiger charge is 2.15. The molecule has 0 amide bonds. The van der Waals surface area contributed by atoms with Crippen molar-refractivity contribution in [2.75, 3.05) is 61.7 Å². The van der Waals surface area contributed by atoms with Crippen molar-refractivity contribution >= 4 is 24.8 Å². The molecule has 0 aliphatic carbocycles. The molecule has 246 valence electrons. The smallest absolute Gasteiger partial charge is 0.164 e. The van der Waals surface area contributed by atoms with E-state index in [4.69, 9.17) is 23.7 Å². The van der Waals surface area contributed by atoms with Crippen LogP contribution in [0.3, 0.4) is 0 Å². The molecule has 3 rings (SSSR count). The van der Waals surface area contributed by atoms with E-state index in [1.54, 1.807) is 35.5 Å². The van der Waals surface area contributed by atoms with Crippen LogP contribution >= 0.6 is 24.8 Å². The summed E-state index contributed by atoms with van der Waals surface area (Å²) in [7, 11) is 8.47. The molecule has 3 aromatic carbocycles. The maximum absolute atomic E-state index is 5.80. The molecule has 0 spiro atoms. The second-order valence-corrected chi connectivity index (χ2v) is 10.4. The molecule has 0 aliphatic heterocycles. The number of hydrogen-bond acceptors (Lipinski definition) is 7. The van der Waals surface area contributed by atoms with Gasteiger partial charge in [-0.3, -0.25) is 0 Å². The van der Waals surface area contributed by atoms with Crippen LogP contribution in [-0.2, 0) is 25.7 Å². The molecule has 0 aromatic heterocycles. The first-order valence-corrected chi connectivity index (χ1v) is 15.1. The minimum Gasteiger partial charge on any atom is -0.497 e. The Morgan fingerprint density at radius 2 is 1.14 bits per heavy atom. The van der Waals surface area contributed by atoms with Gasteiger partial charge in [-0.2, -0.15) is 0 Å². The van der Waals surface area contributed by atoms with E-state index < -0.39 is 0 Å². The Labute approximate surface area is 277 Å². The first kappa shape index (κ1) is 39.2. The first-order chi connectivity index (χ1) is 20.6. The SMILES string of the molecule is COc1cccc(CCc2c(CCNCCCCCCNCCc3ccc(OC)c(OC)c3)ccc(OC)c2OC)c1.Cl.Cl. The fourth-order valence-corrected chi connectivity index (χ4v) is 5.23. The Bertz CT molecular complexity index is 1210. The number of methoxy groups -OCH3 is 5. The van der Waals surface area contributed by atoms with Gasteiger partial charge in [-0.15, -0.1) is 24.8 Å². The molecule has 44 heavy (non-hydrogen) atoms. The molecule has 0 aliphatic rings. The van der Waals surface area contributed by atoms with Crippen molar-refractivity contribution in [2.45, 2.75) is 51.4 Å². The third kappa shape index (κ3) is 12.6. The summed E-state index contributed by atoms with van der Waals surface area (Å²) in [4.78, 5) is 0. The van der Waals surface area contributed by atoms with Gasteiger partial charge in [0.25, 0.3) is 0 Å². The van der Waals surface area contributed by atoms with Crippen LogP contribution in [0.25, 0.3) is 0 Å². The zero-order chi connectivity index (χ0) is 30.0. The van der Waals surface area contributed by atoms with E-state index in [-0.39, 0.29) is 24.8 Å². The van der Waals surface area contributed by atoms with Gasteiger partial charge in [0, 0.05) is 5.56 Å². The number of unbranched alkanes of at least 4 members (excludes halogenated alkanes) is 3. The van der Waals surface area contributed by atoms with E-state index in [0.29, 0.717) is 0 Å². The molecule has 0 bridgehead atoms. The molecule has 0 heterocycles. The lowest BCUT2D eigenvalue weighted by atomic mass is 9.96. The summed E-state index contributed by atoms with van der Waals surface area (Å²) in [6.07, 6.45) is 8.61.